The third kappa shape index (κ3) is 2.80. The highest BCUT2D eigenvalue weighted by molar-refractivity contribution is 7.18. The predicted octanol–water partition coefficient (Wildman–Crippen LogP) is 3.85. The lowest BCUT2D eigenvalue weighted by Crippen LogP contribution is -2.31. The first-order chi connectivity index (χ1) is 13.3. The van der Waals surface area contributed by atoms with E-state index in [1.807, 2.05) is 47.4 Å². The number of para-hydroxylation sites is 2. The molecule has 2 aromatic heterocycles. The number of amides is 1. The largest absolute Gasteiger partial charge is 0.329 e. The molecule has 0 bridgehead atoms. The topological polar surface area (TPSA) is 63.9 Å². The van der Waals surface area contributed by atoms with Crippen LogP contribution in [0, 0.1) is 0 Å². The standard InChI is InChI=1S/C20H17N5OS/c26-20(14-6-1-3-8-16(14)25-13-21-12-22-25)24-11-5-9-17(24)19-23-15-7-2-4-10-18(15)27-19/h1-4,6-8,10,12-13,17H,5,9,11H2/t17-/m1/s1. The zero-order chi connectivity index (χ0) is 18.2. The zero-order valence-corrected chi connectivity index (χ0v) is 15.3. The second kappa shape index (κ2) is 6.59. The summed E-state index contributed by atoms with van der Waals surface area (Å²) in [6, 6.07) is 15.7. The number of nitrogens with zero attached hydrogens (tertiary/aromatic N) is 5. The first-order valence-corrected chi connectivity index (χ1v) is 9.73. The van der Waals surface area contributed by atoms with Crippen LogP contribution >= 0.6 is 11.3 Å². The first-order valence-electron chi connectivity index (χ1n) is 8.92. The molecule has 27 heavy (non-hydrogen) atoms. The number of aromatic nitrogens is 4. The van der Waals surface area contributed by atoms with Crippen LogP contribution in [-0.4, -0.2) is 37.1 Å². The van der Waals surface area contributed by atoms with Crippen LogP contribution in [-0.2, 0) is 0 Å². The predicted molar refractivity (Wildman–Crippen MR) is 104 cm³/mol. The Bertz CT molecular complexity index is 1070. The maximum Gasteiger partial charge on any atom is 0.256 e. The third-order valence-corrected chi connectivity index (χ3v) is 6.05. The fourth-order valence-electron chi connectivity index (χ4n) is 3.64. The van der Waals surface area contributed by atoms with Crippen molar-refractivity contribution in [3.05, 3.63) is 71.8 Å². The number of carbonyl (C=O) groups is 1. The fraction of sp³-hybridized carbons (Fsp3) is 0.200. The van der Waals surface area contributed by atoms with Crippen molar-refractivity contribution < 1.29 is 4.79 Å². The van der Waals surface area contributed by atoms with Gasteiger partial charge in [-0.15, -0.1) is 11.3 Å². The smallest absolute Gasteiger partial charge is 0.256 e. The minimum absolute atomic E-state index is 0.0165. The van der Waals surface area contributed by atoms with Gasteiger partial charge in [-0.25, -0.2) is 14.6 Å². The maximum absolute atomic E-state index is 13.4. The number of carbonyl (C=O) groups excluding carboxylic acids is 1. The van der Waals surface area contributed by atoms with Crippen LogP contribution in [0.1, 0.15) is 34.2 Å². The Kier molecular flexibility index (Phi) is 3.94. The van der Waals surface area contributed by atoms with Gasteiger partial charge in [0, 0.05) is 6.54 Å². The van der Waals surface area contributed by atoms with Gasteiger partial charge in [0.1, 0.15) is 17.7 Å². The summed E-state index contributed by atoms with van der Waals surface area (Å²) in [5, 5.41) is 5.20. The molecule has 1 saturated heterocycles. The summed E-state index contributed by atoms with van der Waals surface area (Å²) < 4.78 is 2.80. The minimum atomic E-state index is 0.0165. The van der Waals surface area contributed by atoms with E-state index >= 15 is 0 Å². The van der Waals surface area contributed by atoms with Crippen LogP contribution < -0.4 is 0 Å². The summed E-state index contributed by atoms with van der Waals surface area (Å²) in [6.07, 6.45) is 5.01. The van der Waals surface area contributed by atoms with Crippen LogP contribution in [0.15, 0.2) is 61.2 Å². The molecule has 0 spiro atoms. The molecule has 1 fully saturated rings. The first kappa shape index (κ1) is 16.1. The molecule has 0 radical (unpaired) electrons. The monoisotopic (exact) mass is 375 g/mol. The molecule has 4 aromatic rings. The lowest BCUT2D eigenvalue weighted by Gasteiger charge is -2.24. The molecular formula is C20H17N5OS. The molecule has 2 aromatic carbocycles. The average Bonchev–Trinajstić information content (AvgIpc) is 3.47. The van der Waals surface area contributed by atoms with Gasteiger partial charge in [0.15, 0.2) is 0 Å². The van der Waals surface area contributed by atoms with E-state index in [2.05, 4.69) is 16.1 Å². The van der Waals surface area contributed by atoms with Gasteiger partial charge in [-0.2, -0.15) is 5.10 Å². The van der Waals surface area contributed by atoms with Crippen molar-refractivity contribution in [1.82, 2.24) is 24.6 Å². The molecule has 0 unspecified atom stereocenters. The van der Waals surface area contributed by atoms with E-state index < -0.39 is 0 Å². The van der Waals surface area contributed by atoms with Crippen molar-refractivity contribution in [2.75, 3.05) is 6.54 Å². The minimum Gasteiger partial charge on any atom is -0.329 e. The average molecular weight is 375 g/mol. The van der Waals surface area contributed by atoms with Gasteiger partial charge < -0.3 is 4.90 Å². The van der Waals surface area contributed by atoms with E-state index in [4.69, 9.17) is 4.98 Å². The Labute approximate surface area is 160 Å². The van der Waals surface area contributed by atoms with Gasteiger partial charge >= 0.3 is 0 Å². The Morgan fingerprint density at radius 1 is 1.11 bits per heavy atom. The molecule has 7 heteroatoms. The molecule has 134 valence electrons. The summed E-state index contributed by atoms with van der Waals surface area (Å²) in [6.45, 7) is 0.741. The molecule has 1 atom stereocenters. The normalized spacial score (nSPS) is 16.9. The number of hydrogen-bond acceptors (Lipinski definition) is 5. The number of thiazole rings is 1. The SMILES string of the molecule is O=C(c1ccccc1-n1cncn1)N1CCC[C@@H]1c1nc2ccccc2s1. The molecule has 1 aliphatic heterocycles. The number of likely N-dealkylation sites (tertiary alicyclic amines) is 1. The summed E-state index contributed by atoms with van der Waals surface area (Å²) in [5.74, 6) is 0.0165. The van der Waals surface area contributed by atoms with Gasteiger partial charge in [0.2, 0.25) is 0 Å². The van der Waals surface area contributed by atoms with E-state index in [9.17, 15) is 4.79 Å². The van der Waals surface area contributed by atoms with Crippen LogP contribution in [0.3, 0.4) is 0 Å². The Morgan fingerprint density at radius 2 is 1.96 bits per heavy atom. The Morgan fingerprint density at radius 3 is 2.81 bits per heavy atom. The van der Waals surface area contributed by atoms with E-state index in [1.165, 1.54) is 6.33 Å². The van der Waals surface area contributed by atoms with Crippen LogP contribution in [0.5, 0.6) is 0 Å². The Hall–Kier alpha value is -3.06. The highest BCUT2D eigenvalue weighted by Crippen LogP contribution is 2.37. The fourth-order valence-corrected chi connectivity index (χ4v) is 4.76. The van der Waals surface area contributed by atoms with Crippen LogP contribution in [0.2, 0.25) is 0 Å². The lowest BCUT2D eigenvalue weighted by molar-refractivity contribution is 0.0735. The van der Waals surface area contributed by atoms with Crippen molar-refractivity contribution in [1.29, 1.82) is 0 Å². The molecular weight excluding hydrogens is 358 g/mol. The Balaban J connectivity index is 1.51. The van der Waals surface area contributed by atoms with Crippen molar-refractivity contribution in [2.24, 2.45) is 0 Å². The van der Waals surface area contributed by atoms with E-state index in [0.29, 0.717) is 5.56 Å². The molecule has 1 aliphatic rings. The summed E-state index contributed by atoms with van der Waals surface area (Å²) >= 11 is 1.68. The third-order valence-electron chi connectivity index (χ3n) is 4.91. The van der Waals surface area contributed by atoms with E-state index in [-0.39, 0.29) is 11.9 Å². The second-order valence-corrected chi connectivity index (χ2v) is 7.60. The van der Waals surface area contributed by atoms with Crippen molar-refractivity contribution in [3.8, 4) is 5.69 Å². The summed E-state index contributed by atoms with van der Waals surface area (Å²) in [7, 11) is 0. The number of fused-ring (bicyclic) bond motifs is 1. The molecule has 0 N–H and O–H groups in total. The van der Waals surface area contributed by atoms with E-state index in [1.54, 1.807) is 22.3 Å². The van der Waals surface area contributed by atoms with Gasteiger partial charge in [0.25, 0.3) is 5.91 Å². The quantitative estimate of drug-likeness (QED) is 0.545. The zero-order valence-electron chi connectivity index (χ0n) is 14.5. The van der Waals surface area contributed by atoms with Crippen LogP contribution in [0.25, 0.3) is 15.9 Å². The summed E-state index contributed by atoms with van der Waals surface area (Å²) in [4.78, 5) is 24.1. The molecule has 0 saturated carbocycles. The van der Waals surface area contributed by atoms with Crippen molar-refractivity contribution in [2.45, 2.75) is 18.9 Å². The second-order valence-electron chi connectivity index (χ2n) is 6.53. The van der Waals surface area contributed by atoms with Gasteiger partial charge in [-0.05, 0) is 37.1 Å². The maximum atomic E-state index is 13.4. The highest BCUT2D eigenvalue weighted by Gasteiger charge is 2.33. The lowest BCUT2D eigenvalue weighted by atomic mass is 10.1. The van der Waals surface area contributed by atoms with Gasteiger partial charge in [0.05, 0.1) is 27.5 Å². The van der Waals surface area contributed by atoms with Crippen molar-refractivity contribution >= 4 is 27.5 Å². The molecule has 5 rings (SSSR count). The van der Waals surface area contributed by atoms with Crippen molar-refractivity contribution in [3.63, 3.8) is 0 Å². The van der Waals surface area contributed by atoms with Gasteiger partial charge in [-0.1, -0.05) is 24.3 Å². The molecule has 1 amide bonds. The highest BCUT2D eigenvalue weighted by atomic mass is 32.1. The number of rotatable bonds is 3. The summed E-state index contributed by atoms with van der Waals surface area (Å²) in [5.41, 5.74) is 2.38. The molecule has 6 nitrogen and oxygen atoms in total. The molecule has 3 heterocycles. The van der Waals surface area contributed by atoms with E-state index in [0.717, 1.165) is 40.3 Å². The van der Waals surface area contributed by atoms with Gasteiger partial charge in [-0.3, -0.25) is 4.79 Å². The number of hydrogen-bond donors (Lipinski definition) is 0. The van der Waals surface area contributed by atoms with Crippen LogP contribution in [0.4, 0.5) is 0 Å². The number of benzene rings is 2. The molecule has 0 aliphatic carbocycles.